The van der Waals surface area contributed by atoms with Gasteiger partial charge in [-0.1, -0.05) is 12.1 Å². The number of benzene rings is 1. The molecule has 1 aromatic carbocycles. The fourth-order valence-corrected chi connectivity index (χ4v) is 3.55. The van der Waals surface area contributed by atoms with E-state index in [-0.39, 0.29) is 0 Å². The summed E-state index contributed by atoms with van der Waals surface area (Å²) in [6, 6.07) is 8.94. The van der Waals surface area contributed by atoms with Gasteiger partial charge in [0, 0.05) is 51.9 Å². The third kappa shape index (κ3) is 3.43. The molecular weight excluding hydrogens is 276 g/mol. The lowest BCUT2D eigenvalue weighted by Gasteiger charge is -2.47. The van der Waals surface area contributed by atoms with E-state index in [1.165, 1.54) is 5.56 Å². The summed E-state index contributed by atoms with van der Waals surface area (Å²) >= 11 is 0. The first-order chi connectivity index (χ1) is 10.8. The Balaban J connectivity index is 1.73. The van der Waals surface area contributed by atoms with Crippen LogP contribution in [0, 0.1) is 0 Å². The minimum Gasteiger partial charge on any atom is -0.497 e. The van der Waals surface area contributed by atoms with Crippen LogP contribution < -0.4 is 15.4 Å². The first kappa shape index (κ1) is 15.7. The summed E-state index contributed by atoms with van der Waals surface area (Å²) in [4.78, 5) is 5.26. The third-order valence-electron chi connectivity index (χ3n) is 4.93. The molecule has 0 aromatic heterocycles. The second kappa shape index (κ2) is 7.42. The molecule has 5 nitrogen and oxygen atoms in total. The van der Waals surface area contributed by atoms with Crippen molar-refractivity contribution in [2.75, 3.05) is 52.9 Å². The normalized spacial score (nSPS) is 25.8. The number of methoxy groups -OCH3 is 1. The van der Waals surface area contributed by atoms with Crippen LogP contribution >= 0.6 is 0 Å². The molecule has 2 fully saturated rings. The van der Waals surface area contributed by atoms with Crippen molar-refractivity contribution in [1.82, 2.24) is 20.4 Å². The molecular formula is C17H28N4O. The molecule has 0 aliphatic carbocycles. The maximum absolute atomic E-state index is 5.27. The standard InChI is InChI=1S/C17H28N4O/c1-14(15-3-5-16(22-2)6-4-15)21-12-9-19-13-17(21)20-10-7-18-8-11-20/h3-6,14,17-19H,7-13H2,1-2H3. The van der Waals surface area contributed by atoms with E-state index in [2.05, 4.69) is 51.6 Å². The maximum atomic E-state index is 5.27. The minimum atomic E-state index is 0.424. The van der Waals surface area contributed by atoms with Gasteiger partial charge in [0.05, 0.1) is 13.3 Å². The van der Waals surface area contributed by atoms with Crippen molar-refractivity contribution >= 4 is 0 Å². The molecule has 3 rings (SSSR count). The second-order valence-corrected chi connectivity index (χ2v) is 6.16. The number of nitrogens with zero attached hydrogens (tertiary/aromatic N) is 2. The van der Waals surface area contributed by atoms with E-state index >= 15 is 0 Å². The van der Waals surface area contributed by atoms with Crippen LogP contribution in [0.15, 0.2) is 24.3 Å². The van der Waals surface area contributed by atoms with Gasteiger partial charge in [-0.2, -0.15) is 0 Å². The predicted octanol–water partition coefficient (Wildman–Crippen LogP) is 0.893. The molecule has 122 valence electrons. The summed E-state index contributed by atoms with van der Waals surface area (Å²) in [5, 5.41) is 7.01. The average Bonchev–Trinajstić information content (AvgIpc) is 2.62. The minimum absolute atomic E-state index is 0.424. The van der Waals surface area contributed by atoms with E-state index in [9.17, 15) is 0 Å². The van der Waals surface area contributed by atoms with Crippen LogP contribution in [0.1, 0.15) is 18.5 Å². The van der Waals surface area contributed by atoms with Crippen LogP contribution in [0.2, 0.25) is 0 Å². The number of hydrogen-bond acceptors (Lipinski definition) is 5. The lowest BCUT2D eigenvalue weighted by atomic mass is 10.0. The fraction of sp³-hybridized carbons (Fsp3) is 0.647. The van der Waals surface area contributed by atoms with Gasteiger partial charge in [0.1, 0.15) is 5.75 Å². The highest BCUT2D eigenvalue weighted by atomic mass is 16.5. The monoisotopic (exact) mass is 304 g/mol. The van der Waals surface area contributed by atoms with Crippen molar-refractivity contribution in [2.45, 2.75) is 19.1 Å². The zero-order chi connectivity index (χ0) is 15.4. The van der Waals surface area contributed by atoms with Crippen molar-refractivity contribution in [1.29, 1.82) is 0 Å². The van der Waals surface area contributed by atoms with Crippen molar-refractivity contribution in [3.8, 4) is 5.75 Å². The van der Waals surface area contributed by atoms with Crippen LogP contribution in [0.25, 0.3) is 0 Å². The van der Waals surface area contributed by atoms with E-state index < -0.39 is 0 Å². The largest absolute Gasteiger partial charge is 0.497 e. The second-order valence-electron chi connectivity index (χ2n) is 6.16. The Kier molecular flexibility index (Phi) is 5.31. The van der Waals surface area contributed by atoms with Gasteiger partial charge in [-0.15, -0.1) is 0 Å². The molecule has 2 aliphatic rings. The van der Waals surface area contributed by atoms with Crippen LogP contribution in [-0.4, -0.2) is 68.9 Å². The molecule has 0 spiro atoms. The molecule has 5 heteroatoms. The van der Waals surface area contributed by atoms with Gasteiger partial charge in [0.15, 0.2) is 0 Å². The van der Waals surface area contributed by atoms with E-state index in [0.29, 0.717) is 12.2 Å². The summed E-state index contributed by atoms with van der Waals surface area (Å²) in [5.41, 5.74) is 1.36. The molecule has 0 amide bonds. The van der Waals surface area contributed by atoms with E-state index in [0.717, 1.165) is 51.6 Å². The molecule has 0 bridgehead atoms. The Labute approximate surface area is 133 Å². The Hall–Kier alpha value is -1.14. The highest BCUT2D eigenvalue weighted by Gasteiger charge is 2.32. The van der Waals surface area contributed by atoms with Crippen LogP contribution in [-0.2, 0) is 0 Å². The first-order valence-electron chi connectivity index (χ1n) is 8.35. The van der Waals surface area contributed by atoms with E-state index in [4.69, 9.17) is 4.74 Å². The zero-order valence-corrected chi connectivity index (χ0v) is 13.7. The molecule has 2 atom stereocenters. The molecule has 2 saturated heterocycles. The lowest BCUT2D eigenvalue weighted by molar-refractivity contribution is -0.00724. The van der Waals surface area contributed by atoms with Crippen molar-refractivity contribution in [2.24, 2.45) is 0 Å². The van der Waals surface area contributed by atoms with Crippen molar-refractivity contribution in [3.63, 3.8) is 0 Å². The molecule has 2 heterocycles. The first-order valence-corrected chi connectivity index (χ1v) is 8.35. The lowest BCUT2D eigenvalue weighted by Crippen LogP contribution is -2.62. The Bertz CT molecular complexity index is 458. The number of ether oxygens (including phenoxy) is 1. The van der Waals surface area contributed by atoms with Gasteiger partial charge in [0.25, 0.3) is 0 Å². The quantitative estimate of drug-likeness (QED) is 0.865. The topological polar surface area (TPSA) is 39.8 Å². The third-order valence-corrected chi connectivity index (χ3v) is 4.93. The Morgan fingerprint density at radius 2 is 1.73 bits per heavy atom. The van der Waals surface area contributed by atoms with Crippen molar-refractivity contribution < 1.29 is 4.74 Å². The molecule has 2 unspecified atom stereocenters. The summed E-state index contributed by atoms with van der Waals surface area (Å²) in [6.45, 7) is 10.0. The zero-order valence-electron chi connectivity index (χ0n) is 13.7. The van der Waals surface area contributed by atoms with Crippen LogP contribution in [0.5, 0.6) is 5.75 Å². The van der Waals surface area contributed by atoms with Gasteiger partial charge in [-0.05, 0) is 24.6 Å². The molecule has 22 heavy (non-hydrogen) atoms. The van der Waals surface area contributed by atoms with E-state index in [1.807, 2.05) is 0 Å². The Morgan fingerprint density at radius 3 is 2.41 bits per heavy atom. The molecule has 2 N–H and O–H groups in total. The highest BCUT2D eigenvalue weighted by Crippen LogP contribution is 2.26. The van der Waals surface area contributed by atoms with Gasteiger partial charge >= 0.3 is 0 Å². The predicted molar refractivity (Wildman–Crippen MR) is 89.2 cm³/mol. The number of hydrogen-bond donors (Lipinski definition) is 2. The fourth-order valence-electron chi connectivity index (χ4n) is 3.55. The molecule has 0 saturated carbocycles. The number of piperazine rings is 2. The van der Waals surface area contributed by atoms with Gasteiger partial charge in [-0.25, -0.2) is 0 Å². The summed E-state index contributed by atoms with van der Waals surface area (Å²) in [5.74, 6) is 0.926. The van der Waals surface area contributed by atoms with Gasteiger partial charge in [-0.3, -0.25) is 9.80 Å². The van der Waals surface area contributed by atoms with Crippen LogP contribution in [0.3, 0.4) is 0 Å². The molecule has 1 aromatic rings. The van der Waals surface area contributed by atoms with Gasteiger partial charge < -0.3 is 15.4 Å². The summed E-state index contributed by atoms with van der Waals surface area (Å²) in [6.07, 6.45) is 0.493. The van der Waals surface area contributed by atoms with Crippen LogP contribution in [0.4, 0.5) is 0 Å². The molecule has 0 radical (unpaired) electrons. The smallest absolute Gasteiger partial charge is 0.118 e. The number of rotatable bonds is 4. The summed E-state index contributed by atoms with van der Waals surface area (Å²) in [7, 11) is 1.72. The van der Waals surface area contributed by atoms with Crippen molar-refractivity contribution in [3.05, 3.63) is 29.8 Å². The highest BCUT2D eigenvalue weighted by molar-refractivity contribution is 5.29. The summed E-state index contributed by atoms with van der Waals surface area (Å²) < 4.78 is 5.27. The number of nitrogens with one attached hydrogen (secondary N) is 2. The SMILES string of the molecule is COc1ccc(C(C)N2CCNCC2N2CCNCC2)cc1. The van der Waals surface area contributed by atoms with E-state index in [1.54, 1.807) is 7.11 Å². The van der Waals surface area contributed by atoms with Gasteiger partial charge in [0.2, 0.25) is 0 Å². The molecule has 2 aliphatic heterocycles. The Morgan fingerprint density at radius 1 is 1.05 bits per heavy atom. The maximum Gasteiger partial charge on any atom is 0.118 e. The average molecular weight is 304 g/mol.